The molecule has 0 amide bonds. The first-order chi connectivity index (χ1) is 10.6. The Bertz CT molecular complexity index is 581. The van der Waals surface area contributed by atoms with E-state index in [4.69, 9.17) is 8.94 Å². The molecule has 120 valence electrons. The number of aliphatic hydroxyl groups excluding tert-OH is 1. The summed E-state index contributed by atoms with van der Waals surface area (Å²) in [5.41, 5.74) is 0.824. The van der Waals surface area contributed by atoms with Gasteiger partial charge in [-0.1, -0.05) is 5.16 Å². The molecule has 2 aromatic heterocycles. The molecule has 2 aromatic rings. The van der Waals surface area contributed by atoms with Crippen molar-refractivity contribution in [1.82, 2.24) is 19.9 Å². The molecule has 3 heterocycles. The van der Waals surface area contributed by atoms with Gasteiger partial charge in [0, 0.05) is 32.2 Å². The van der Waals surface area contributed by atoms with Crippen LogP contribution in [0.3, 0.4) is 0 Å². The molecule has 1 N–H and O–H groups in total. The van der Waals surface area contributed by atoms with Crippen molar-refractivity contribution in [2.75, 3.05) is 26.2 Å². The van der Waals surface area contributed by atoms with Crippen LogP contribution < -0.4 is 0 Å². The van der Waals surface area contributed by atoms with Crippen LogP contribution in [0.25, 0.3) is 11.4 Å². The summed E-state index contributed by atoms with van der Waals surface area (Å²) >= 11 is 0. The Morgan fingerprint density at radius 1 is 1.45 bits per heavy atom. The molecule has 0 spiro atoms. The summed E-state index contributed by atoms with van der Waals surface area (Å²) < 4.78 is 10.3. The minimum Gasteiger partial charge on any atom is -0.472 e. The largest absolute Gasteiger partial charge is 0.472 e. The first kappa shape index (κ1) is 15.2. The molecular weight excluding hydrogens is 284 g/mol. The molecule has 7 heteroatoms. The minimum atomic E-state index is -0.289. The number of aromatic nitrogens is 2. The molecule has 1 saturated heterocycles. The monoisotopic (exact) mass is 306 g/mol. The number of aliphatic hydroxyl groups is 1. The number of rotatable bonds is 5. The van der Waals surface area contributed by atoms with E-state index in [0.717, 1.165) is 31.7 Å². The highest BCUT2D eigenvalue weighted by molar-refractivity contribution is 5.51. The maximum Gasteiger partial charge on any atom is 0.241 e. The molecule has 1 fully saturated rings. The Morgan fingerprint density at radius 2 is 2.32 bits per heavy atom. The van der Waals surface area contributed by atoms with E-state index in [0.29, 0.717) is 24.3 Å². The van der Waals surface area contributed by atoms with Crippen molar-refractivity contribution >= 4 is 0 Å². The van der Waals surface area contributed by atoms with Crippen LogP contribution in [0.5, 0.6) is 0 Å². The fourth-order valence-corrected chi connectivity index (χ4v) is 2.84. The molecule has 3 rings (SSSR count). The molecule has 0 aromatic carbocycles. The van der Waals surface area contributed by atoms with Crippen LogP contribution in [0.4, 0.5) is 0 Å². The van der Waals surface area contributed by atoms with Crippen molar-refractivity contribution < 1.29 is 14.0 Å². The van der Waals surface area contributed by atoms with E-state index in [1.165, 1.54) is 0 Å². The predicted molar refractivity (Wildman–Crippen MR) is 80.0 cm³/mol. The second-order valence-corrected chi connectivity index (χ2v) is 5.95. The summed E-state index contributed by atoms with van der Waals surface area (Å²) in [7, 11) is 0. The number of β-amino-alcohol motifs (C(OH)–C–C–N with tert-alkyl or cyclic N) is 1. The van der Waals surface area contributed by atoms with Crippen LogP contribution in [0.2, 0.25) is 0 Å². The van der Waals surface area contributed by atoms with Gasteiger partial charge in [-0.2, -0.15) is 4.98 Å². The Balaban J connectivity index is 1.56. The quantitative estimate of drug-likeness (QED) is 0.889. The molecule has 2 atom stereocenters. The van der Waals surface area contributed by atoms with E-state index in [-0.39, 0.29) is 6.10 Å². The lowest BCUT2D eigenvalue weighted by Gasteiger charge is -2.39. The second-order valence-electron chi connectivity index (χ2n) is 5.95. The van der Waals surface area contributed by atoms with Crippen LogP contribution >= 0.6 is 0 Å². The lowest BCUT2D eigenvalue weighted by molar-refractivity contribution is 0.0385. The highest BCUT2D eigenvalue weighted by Crippen LogP contribution is 2.17. The van der Waals surface area contributed by atoms with Crippen molar-refractivity contribution in [2.45, 2.75) is 32.5 Å². The number of furan rings is 1. The molecular formula is C15H22N4O3. The van der Waals surface area contributed by atoms with Crippen LogP contribution in [-0.4, -0.2) is 63.4 Å². The molecule has 1 aliphatic rings. The smallest absolute Gasteiger partial charge is 0.241 e. The van der Waals surface area contributed by atoms with Crippen LogP contribution in [0, 0.1) is 0 Å². The fraction of sp³-hybridized carbons (Fsp3) is 0.600. The summed E-state index contributed by atoms with van der Waals surface area (Å²) in [5, 5.41) is 13.5. The fourth-order valence-electron chi connectivity index (χ4n) is 2.84. The Kier molecular flexibility index (Phi) is 4.56. The molecule has 1 aliphatic heterocycles. The third-order valence-corrected chi connectivity index (χ3v) is 3.95. The molecule has 0 unspecified atom stereocenters. The summed E-state index contributed by atoms with van der Waals surface area (Å²) in [5.74, 6) is 1.18. The van der Waals surface area contributed by atoms with Gasteiger partial charge in [-0.3, -0.25) is 9.80 Å². The number of hydrogen-bond acceptors (Lipinski definition) is 7. The van der Waals surface area contributed by atoms with E-state index in [2.05, 4.69) is 26.9 Å². The zero-order valence-electron chi connectivity index (χ0n) is 13.0. The Labute approximate surface area is 129 Å². The van der Waals surface area contributed by atoms with E-state index in [1.807, 2.05) is 13.0 Å². The SMILES string of the molecule is C[C@H](O)CN1CCN(Cc2nc(-c3ccoc3)no2)C[C@H]1C. The van der Waals surface area contributed by atoms with Gasteiger partial charge in [0.25, 0.3) is 0 Å². The zero-order chi connectivity index (χ0) is 15.5. The van der Waals surface area contributed by atoms with Gasteiger partial charge >= 0.3 is 0 Å². The van der Waals surface area contributed by atoms with Gasteiger partial charge in [0.15, 0.2) is 0 Å². The summed E-state index contributed by atoms with van der Waals surface area (Å²) in [6.45, 7) is 8.18. The van der Waals surface area contributed by atoms with Crippen LogP contribution in [0.1, 0.15) is 19.7 Å². The molecule has 0 radical (unpaired) electrons. The highest BCUT2D eigenvalue weighted by atomic mass is 16.5. The van der Waals surface area contributed by atoms with E-state index >= 15 is 0 Å². The maximum atomic E-state index is 9.52. The van der Waals surface area contributed by atoms with E-state index in [1.54, 1.807) is 12.5 Å². The first-order valence-corrected chi connectivity index (χ1v) is 7.61. The van der Waals surface area contributed by atoms with Gasteiger partial charge < -0.3 is 14.0 Å². The summed E-state index contributed by atoms with van der Waals surface area (Å²) in [4.78, 5) is 9.02. The van der Waals surface area contributed by atoms with Gasteiger partial charge in [-0.15, -0.1) is 0 Å². The topological polar surface area (TPSA) is 78.8 Å². The average Bonchev–Trinajstić information content (AvgIpc) is 3.12. The lowest BCUT2D eigenvalue weighted by atomic mass is 10.1. The van der Waals surface area contributed by atoms with Crippen molar-refractivity contribution in [1.29, 1.82) is 0 Å². The maximum absolute atomic E-state index is 9.52. The summed E-state index contributed by atoms with van der Waals surface area (Å²) in [6.07, 6.45) is 2.91. The van der Waals surface area contributed by atoms with E-state index in [9.17, 15) is 5.11 Å². The normalized spacial score (nSPS) is 22.0. The van der Waals surface area contributed by atoms with Gasteiger partial charge in [0.2, 0.25) is 11.7 Å². The second kappa shape index (κ2) is 6.60. The van der Waals surface area contributed by atoms with Crippen LogP contribution in [0.15, 0.2) is 27.5 Å². The third-order valence-electron chi connectivity index (χ3n) is 3.95. The van der Waals surface area contributed by atoms with Crippen LogP contribution in [-0.2, 0) is 6.54 Å². The van der Waals surface area contributed by atoms with Crippen molar-refractivity contribution in [3.05, 3.63) is 24.5 Å². The van der Waals surface area contributed by atoms with Crippen molar-refractivity contribution in [3.63, 3.8) is 0 Å². The Morgan fingerprint density at radius 3 is 3.00 bits per heavy atom. The average molecular weight is 306 g/mol. The third kappa shape index (κ3) is 3.55. The predicted octanol–water partition coefficient (Wildman–Crippen LogP) is 1.22. The Hall–Kier alpha value is -1.70. The van der Waals surface area contributed by atoms with Crippen molar-refractivity contribution in [3.8, 4) is 11.4 Å². The lowest BCUT2D eigenvalue weighted by Crippen LogP contribution is -2.53. The number of hydrogen-bond donors (Lipinski definition) is 1. The molecule has 22 heavy (non-hydrogen) atoms. The van der Waals surface area contributed by atoms with Gasteiger partial charge in [-0.05, 0) is 19.9 Å². The number of piperazine rings is 1. The molecule has 0 aliphatic carbocycles. The summed E-state index contributed by atoms with van der Waals surface area (Å²) in [6, 6.07) is 2.21. The standard InChI is InChI=1S/C15H22N4O3/c1-11-7-18(4-5-19(11)8-12(2)20)9-14-16-15(17-22-14)13-3-6-21-10-13/h3,6,10-12,20H,4-5,7-9H2,1-2H3/t11-,12+/m1/s1. The van der Waals surface area contributed by atoms with E-state index < -0.39 is 0 Å². The first-order valence-electron chi connectivity index (χ1n) is 7.61. The zero-order valence-corrected chi connectivity index (χ0v) is 13.0. The minimum absolute atomic E-state index is 0.289. The highest BCUT2D eigenvalue weighted by Gasteiger charge is 2.25. The number of nitrogens with zero attached hydrogens (tertiary/aromatic N) is 4. The van der Waals surface area contributed by atoms with Gasteiger partial charge in [0.05, 0.1) is 24.5 Å². The molecule has 7 nitrogen and oxygen atoms in total. The van der Waals surface area contributed by atoms with Gasteiger partial charge in [-0.25, -0.2) is 0 Å². The molecule has 0 saturated carbocycles. The molecule has 0 bridgehead atoms. The van der Waals surface area contributed by atoms with Crippen molar-refractivity contribution in [2.24, 2.45) is 0 Å². The van der Waals surface area contributed by atoms with Gasteiger partial charge in [0.1, 0.15) is 6.26 Å².